The minimum Gasteiger partial charge on any atom is -0.466 e. The van der Waals surface area contributed by atoms with Gasteiger partial charge in [0.2, 0.25) is 0 Å². The van der Waals surface area contributed by atoms with Crippen LogP contribution >= 0.6 is 0 Å². The molecule has 3 N–H and O–H groups in total. The van der Waals surface area contributed by atoms with Gasteiger partial charge in [-0.2, -0.15) is 4.99 Å². The van der Waals surface area contributed by atoms with Gasteiger partial charge in [-0.1, -0.05) is 25.3 Å². The third-order valence-electron chi connectivity index (χ3n) is 8.01. The Kier molecular flexibility index (Phi) is 11.2. The number of aromatic nitrogens is 3. The summed E-state index contributed by atoms with van der Waals surface area (Å²) in [5.74, 6) is 1.51. The van der Waals surface area contributed by atoms with Gasteiger partial charge < -0.3 is 25.1 Å². The largest absolute Gasteiger partial charge is 0.466 e. The van der Waals surface area contributed by atoms with Gasteiger partial charge in [-0.3, -0.25) is 14.5 Å². The van der Waals surface area contributed by atoms with Crippen LogP contribution in [-0.2, 0) is 27.9 Å². The molecule has 1 aliphatic carbocycles. The number of nitrogens with two attached hydrogens (primary N) is 1. The SMILES string of the molecule is CCOC(=O)CCN(C(=O)c1ccc2c(c1)nc(CNc1ccc(/C(N)=N/C(=O)OCCCCC3CC3)cc1)n2C)c1ccccn1. The highest BCUT2D eigenvalue weighted by molar-refractivity contribution is 6.07. The molecule has 1 aliphatic rings. The molecule has 0 radical (unpaired) electrons. The number of amidine groups is 1. The van der Waals surface area contributed by atoms with Gasteiger partial charge in [-0.05, 0) is 80.3 Å². The molecule has 1 fully saturated rings. The van der Waals surface area contributed by atoms with E-state index < -0.39 is 6.09 Å². The molecule has 0 saturated heterocycles. The number of carbonyl (C=O) groups is 3. The average molecular weight is 640 g/mol. The smallest absolute Gasteiger partial charge is 0.435 e. The van der Waals surface area contributed by atoms with Crippen LogP contribution in [0.4, 0.5) is 16.3 Å². The second-order valence-electron chi connectivity index (χ2n) is 11.5. The molecule has 2 heterocycles. The number of fused-ring (bicyclic) bond motifs is 1. The third-order valence-corrected chi connectivity index (χ3v) is 8.01. The van der Waals surface area contributed by atoms with Crippen molar-refractivity contribution >= 4 is 46.3 Å². The van der Waals surface area contributed by atoms with E-state index in [0.29, 0.717) is 35.6 Å². The summed E-state index contributed by atoms with van der Waals surface area (Å²) < 4.78 is 12.2. The molecule has 0 atom stereocenters. The van der Waals surface area contributed by atoms with Crippen molar-refractivity contribution in [2.24, 2.45) is 23.7 Å². The molecule has 5 rings (SSSR count). The number of unbranched alkanes of at least 4 members (excludes halogenated alkanes) is 1. The highest BCUT2D eigenvalue weighted by Crippen LogP contribution is 2.33. The van der Waals surface area contributed by atoms with E-state index in [1.54, 1.807) is 55.6 Å². The molecule has 1 saturated carbocycles. The van der Waals surface area contributed by atoms with Crippen molar-refractivity contribution in [1.29, 1.82) is 0 Å². The second-order valence-corrected chi connectivity index (χ2v) is 11.5. The number of hydrogen-bond acceptors (Lipinski definition) is 8. The van der Waals surface area contributed by atoms with Crippen molar-refractivity contribution in [2.45, 2.75) is 52.0 Å². The van der Waals surface area contributed by atoms with Crippen LogP contribution in [0.15, 0.2) is 71.9 Å². The minimum absolute atomic E-state index is 0.0466. The van der Waals surface area contributed by atoms with Crippen LogP contribution in [0, 0.1) is 5.92 Å². The molecule has 4 aromatic rings. The Morgan fingerprint density at radius 3 is 2.55 bits per heavy atom. The maximum Gasteiger partial charge on any atom is 0.435 e. The fraction of sp³-hybridized carbons (Fsp3) is 0.371. The predicted octanol–water partition coefficient (Wildman–Crippen LogP) is 5.60. The Morgan fingerprint density at radius 1 is 1.04 bits per heavy atom. The van der Waals surface area contributed by atoms with Gasteiger partial charge in [-0.25, -0.2) is 14.8 Å². The van der Waals surface area contributed by atoms with Crippen LogP contribution in [0.1, 0.15) is 67.2 Å². The van der Waals surface area contributed by atoms with E-state index in [1.807, 2.05) is 29.8 Å². The number of hydrogen-bond donors (Lipinski definition) is 2. The number of aryl methyl sites for hydroxylation is 1. The third kappa shape index (κ3) is 9.15. The summed E-state index contributed by atoms with van der Waals surface area (Å²) in [6.07, 6.45) is 6.73. The van der Waals surface area contributed by atoms with Crippen molar-refractivity contribution < 1.29 is 23.9 Å². The number of anilines is 2. The van der Waals surface area contributed by atoms with Gasteiger partial charge in [0, 0.05) is 36.6 Å². The Labute approximate surface area is 274 Å². The molecular weight excluding hydrogens is 598 g/mol. The molecule has 0 unspecified atom stereocenters. The number of aliphatic imine (C=N–C) groups is 1. The van der Waals surface area contributed by atoms with E-state index in [-0.39, 0.29) is 37.3 Å². The lowest BCUT2D eigenvalue weighted by Gasteiger charge is -2.21. The average Bonchev–Trinajstić information content (AvgIpc) is 3.86. The highest BCUT2D eigenvalue weighted by Gasteiger charge is 2.22. The number of nitrogens with one attached hydrogen (secondary N) is 1. The molecule has 12 heteroatoms. The van der Waals surface area contributed by atoms with Gasteiger partial charge >= 0.3 is 12.1 Å². The van der Waals surface area contributed by atoms with Crippen molar-refractivity contribution in [3.8, 4) is 0 Å². The first-order chi connectivity index (χ1) is 22.8. The highest BCUT2D eigenvalue weighted by atomic mass is 16.5. The van der Waals surface area contributed by atoms with Crippen molar-refractivity contribution in [3.05, 3.63) is 83.8 Å². The van der Waals surface area contributed by atoms with Gasteiger partial charge in [0.05, 0.1) is 37.2 Å². The quantitative estimate of drug-likeness (QED) is 0.0732. The molecular formula is C35H41N7O5. The first-order valence-electron chi connectivity index (χ1n) is 16.0. The minimum atomic E-state index is -0.677. The van der Waals surface area contributed by atoms with Crippen molar-refractivity contribution in [3.63, 3.8) is 0 Å². The number of pyridine rings is 1. The monoisotopic (exact) mass is 639 g/mol. The summed E-state index contributed by atoms with van der Waals surface area (Å²) in [6, 6.07) is 17.9. The lowest BCUT2D eigenvalue weighted by Crippen LogP contribution is -2.34. The van der Waals surface area contributed by atoms with Gasteiger partial charge in [0.1, 0.15) is 17.5 Å². The number of esters is 1. The normalized spacial score (nSPS) is 12.9. The molecule has 2 aromatic heterocycles. The zero-order chi connectivity index (χ0) is 33.2. The number of rotatable bonds is 15. The number of nitrogens with zero attached hydrogens (tertiary/aromatic N) is 5. The lowest BCUT2D eigenvalue weighted by molar-refractivity contribution is -0.142. The predicted molar refractivity (Wildman–Crippen MR) is 180 cm³/mol. The molecule has 0 aliphatic heterocycles. The first-order valence-corrected chi connectivity index (χ1v) is 16.0. The van der Waals surface area contributed by atoms with Crippen LogP contribution in [0.3, 0.4) is 0 Å². The number of benzene rings is 2. The van der Waals surface area contributed by atoms with Gasteiger partial charge in [0.15, 0.2) is 0 Å². The van der Waals surface area contributed by atoms with Crippen LogP contribution in [0.2, 0.25) is 0 Å². The molecule has 246 valence electrons. The maximum absolute atomic E-state index is 13.6. The summed E-state index contributed by atoms with van der Waals surface area (Å²) in [5, 5.41) is 3.35. The molecule has 0 spiro atoms. The van der Waals surface area contributed by atoms with Crippen LogP contribution in [0.25, 0.3) is 11.0 Å². The Hall–Kier alpha value is -5.26. The summed E-state index contributed by atoms with van der Waals surface area (Å²) in [7, 11) is 1.92. The van der Waals surface area contributed by atoms with Gasteiger partial charge in [-0.15, -0.1) is 0 Å². The number of imidazole rings is 1. The number of ether oxygens (including phenoxy) is 2. The molecule has 12 nitrogen and oxygen atoms in total. The van der Waals surface area contributed by atoms with E-state index in [1.165, 1.54) is 24.2 Å². The van der Waals surface area contributed by atoms with Gasteiger partial charge in [0.25, 0.3) is 5.91 Å². The zero-order valence-corrected chi connectivity index (χ0v) is 26.9. The Bertz CT molecular complexity index is 1720. The number of carbonyl (C=O) groups excluding carboxylic acids is 3. The fourth-order valence-electron chi connectivity index (χ4n) is 5.20. The molecule has 0 bridgehead atoms. The summed E-state index contributed by atoms with van der Waals surface area (Å²) in [5.41, 5.74) is 9.44. The Morgan fingerprint density at radius 2 is 1.83 bits per heavy atom. The Balaban J connectivity index is 1.19. The zero-order valence-electron chi connectivity index (χ0n) is 26.9. The van der Waals surface area contributed by atoms with E-state index in [9.17, 15) is 14.4 Å². The summed E-state index contributed by atoms with van der Waals surface area (Å²) in [6.45, 7) is 2.92. The second kappa shape index (κ2) is 15.8. The van der Waals surface area contributed by atoms with Crippen LogP contribution in [-0.4, -0.2) is 58.1 Å². The van der Waals surface area contributed by atoms with E-state index in [2.05, 4.69) is 15.3 Å². The topological polar surface area (TPSA) is 154 Å². The van der Waals surface area contributed by atoms with E-state index >= 15 is 0 Å². The summed E-state index contributed by atoms with van der Waals surface area (Å²) >= 11 is 0. The first kappa shape index (κ1) is 33.1. The molecule has 2 amide bonds. The lowest BCUT2D eigenvalue weighted by atomic mass is 10.1. The van der Waals surface area contributed by atoms with Crippen molar-refractivity contribution in [2.75, 3.05) is 30.0 Å². The standard InChI is InChI=1S/C35H41N7O5/c1-3-46-32(43)18-20-42(30-9-4-6-19-37-30)34(44)26-14-17-29-28(22-26)39-31(41(29)2)23-38-27-15-12-25(13-16-27)33(36)40-35(45)47-21-7-5-8-24-10-11-24/h4,6,9,12-17,19,22,24,38H,3,5,7-8,10-11,18,20-21,23H2,1-2H3,(H2,36,40,45). The molecule has 2 aromatic carbocycles. The van der Waals surface area contributed by atoms with E-state index in [4.69, 9.17) is 20.2 Å². The fourth-order valence-corrected chi connectivity index (χ4v) is 5.20. The van der Waals surface area contributed by atoms with Crippen molar-refractivity contribution in [1.82, 2.24) is 14.5 Å². The van der Waals surface area contributed by atoms with Crippen LogP contribution in [0.5, 0.6) is 0 Å². The maximum atomic E-state index is 13.6. The number of amides is 2. The van der Waals surface area contributed by atoms with E-state index in [0.717, 1.165) is 35.8 Å². The molecule has 47 heavy (non-hydrogen) atoms. The summed E-state index contributed by atoms with van der Waals surface area (Å²) in [4.78, 5) is 52.2. The van der Waals surface area contributed by atoms with Crippen LogP contribution < -0.4 is 16.0 Å².